The molecule has 252 valence electrons. The van der Waals surface area contributed by atoms with Crippen LogP contribution in [-0.2, 0) is 0 Å². The zero-order chi connectivity index (χ0) is 35.8. The van der Waals surface area contributed by atoms with Gasteiger partial charge >= 0.3 is 0 Å². The van der Waals surface area contributed by atoms with Crippen molar-refractivity contribution in [3.8, 4) is 66.8 Å². The van der Waals surface area contributed by atoms with E-state index in [1.54, 1.807) is 0 Å². The summed E-state index contributed by atoms with van der Waals surface area (Å²) in [6.45, 7) is 0. The predicted molar refractivity (Wildman–Crippen MR) is 232 cm³/mol. The Balaban J connectivity index is 1.29. The summed E-state index contributed by atoms with van der Waals surface area (Å²) in [5.74, 6) is 0. The number of benzene rings is 10. The van der Waals surface area contributed by atoms with E-state index in [4.69, 9.17) is 0 Å². The van der Waals surface area contributed by atoms with Crippen molar-refractivity contribution in [2.45, 2.75) is 0 Å². The van der Waals surface area contributed by atoms with E-state index >= 15 is 0 Å². The fourth-order valence-electron chi connectivity index (χ4n) is 8.41. The van der Waals surface area contributed by atoms with Crippen LogP contribution in [0.25, 0.3) is 99.1 Å². The molecule has 0 saturated carbocycles. The standard InChI is InChI=1S/C54H36/c1-4-17-37(18-5-1)40-23-16-24-41(35-40)42-31-32-47(46-34-33-43(38-19-6-2-7-20-38)44-25-10-11-26-45(44)46)52(36-42)54-50-29-14-12-27-48(50)53(39-21-8-3-9-22-39)49-28-13-15-30-51(49)54/h1-36H. The minimum absolute atomic E-state index is 1.19. The Morgan fingerprint density at radius 3 is 1.15 bits per heavy atom. The molecule has 0 unspecified atom stereocenters. The van der Waals surface area contributed by atoms with E-state index in [0.29, 0.717) is 0 Å². The van der Waals surface area contributed by atoms with Gasteiger partial charge in [0.15, 0.2) is 0 Å². The van der Waals surface area contributed by atoms with Crippen LogP contribution < -0.4 is 0 Å². The molecule has 0 amide bonds. The summed E-state index contributed by atoms with van der Waals surface area (Å²) in [6, 6.07) is 79.8. The second-order valence-electron chi connectivity index (χ2n) is 14.0. The third-order valence-corrected chi connectivity index (χ3v) is 10.9. The van der Waals surface area contributed by atoms with Gasteiger partial charge in [-0.2, -0.15) is 0 Å². The zero-order valence-electron chi connectivity index (χ0n) is 29.8. The van der Waals surface area contributed by atoms with Gasteiger partial charge in [0.25, 0.3) is 0 Å². The highest BCUT2D eigenvalue weighted by Crippen LogP contribution is 2.48. The van der Waals surface area contributed by atoms with Gasteiger partial charge < -0.3 is 0 Å². The van der Waals surface area contributed by atoms with Crippen molar-refractivity contribution >= 4 is 32.3 Å². The van der Waals surface area contributed by atoms with Gasteiger partial charge in [-0.1, -0.05) is 206 Å². The second kappa shape index (κ2) is 13.5. The maximum atomic E-state index is 2.44. The van der Waals surface area contributed by atoms with Gasteiger partial charge in [-0.05, 0) is 111 Å². The minimum Gasteiger partial charge on any atom is -0.0622 e. The lowest BCUT2D eigenvalue weighted by Gasteiger charge is -2.21. The van der Waals surface area contributed by atoms with E-state index in [-0.39, 0.29) is 0 Å². The first-order valence-corrected chi connectivity index (χ1v) is 18.7. The van der Waals surface area contributed by atoms with E-state index in [1.807, 2.05) is 0 Å². The van der Waals surface area contributed by atoms with E-state index < -0.39 is 0 Å². The molecule has 0 heterocycles. The van der Waals surface area contributed by atoms with Crippen LogP contribution in [-0.4, -0.2) is 0 Å². The lowest BCUT2D eigenvalue weighted by molar-refractivity contribution is 1.57. The molecule has 0 fully saturated rings. The van der Waals surface area contributed by atoms with Gasteiger partial charge in [-0.3, -0.25) is 0 Å². The van der Waals surface area contributed by atoms with Crippen LogP contribution in [0.2, 0.25) is 0 Å². The molecule has 10 rings (SSSR count). The molecule has 0 aliphatic carbocycles. The van der Waals surface area contributed by atoms with Gasteiger partial charge in [0.2, 0.25) is 0 Å². The van der Waals surface area contributed by atoms with E-state index in [2.05, 4.69) is 218 Å². The average Bonchev–Trinajstić information content (AvgIpc) is 3.26. The number of hydrogen-bond donors (Lipinski definition) is 0. The Kier molecular flexibility index (Phi) is 7.93. The molecule has 10 aromatic carbocycles. The summed E-state index contributed by atoms with van der Waals surface area (Å²) < 4.78 is 0. The maximum absolute atomic E-state index is 2.44. The molecule has 0 aliphatic rings. The molecule has 0 saturated heterocycles. The van der Waals surface area contributed by atoms with Crippen molar-refractivity contribution in [1.82, 2.24) is 0 Å². The summed E-state index contributed by atoms with van der Waals surface area (Å²) in [6.07, 6.45) is 0. The summed E-state index contributed by atoms with van der Waals surface area (Å²) in [5.41, 5.74) is 14.7. The zero-order valence-corrected chi connectivity index (χ0v) is 29.8. The predicted octanol–water partition coefficient (Wildman–Crippen LogP) is 15.1. The summed E-state index contributed by atoms with van der Waals surface area (Å²) in [7, 11) is 0. The smallest absolute Gasteiger partial charge is 0.00199 e. The third kappa shape index (κ3) is 5.48. The number of rotatable bonds is 6. The first kappa shape index (κ1) is 31.7. The van der Waals surface area contributed by atoms with Gasteiger partial charge in [0.05, 0.1) is 0 Å². The Hall–Kier alpha value is -7.02. The Morgan fingerprint density at radius 2 is 0.556 bits per heavy atom. The molecule has 0 aromatic heterocycles. The quantitative estimate of drug-likeness (QED) is 0.153. The molecule has 0 heteroatoms. The van der Waals surface area contributed by atoms with Crippen LogP contribution in [0.4, 0.5) is 0 Å². The molecule has 0 bridgehead atoms. The van der Waals surface area contributed by atoms with Crippen molar-refractivity contribution in [2.24, 2.45) is 0 Å². The lowest BCUT2D eigenvalue weighted by Crippen LogP contribution is -1.94. The largest absolute Gasteiger partial charge is 0.0622 e. The van der Waals surface area contributed by atoms with E-state index in [0.717, 1.165) is 0 Å². The normalized spacial score (nSPS) is 11.3. The van der Waals surface area contributed by atoms with Crippen LogP contribution in [0.3, 0.4) is 0 Å². The summed E-state index contributed by atoms with van der Waals surface area (Å²) in [4.78, 5) is 0. The van der Waals surface area contributed by atoms with Crippen molar-refractivity contribution in [2.75, 3.05) is 0 Å². The monoisotopic (exact) mass is 684 g/mol. The molecule has 0 aliphatic heterocycles. The average molecular weight is 685 g/mol. The fourth-order valence-corrected chi connectivity index (χ4v) is 8.41. The highest BCUT2D eigenvalue weighted by atomic mass is 14.2. The molecule has 0 spiro atoms. The van der Waals surface area contributed by atoms with Crippen LogP contribution in [0, 0.1) is 0 Å². The molecule has 10 aromatic rings. The topological polar surface area (TPSA) is 0 Å². The third-order valence-electron chi connectivity index (χ3n) is 10.9. The molecule has 0 atom stereocenters. The van der Waals surface area contributed by atoms with Crippen molar-refractivity contribution in [3.63, 3.8) is 0 Å². The van der Waals surface area contributed by atoms with Gasteiger partial charge in [0, 0.05) is 0 Å². The van der Waals surface area contributed by atoms with Crippen molar-refractivity contribution in [3.05, 3.63) is 218 Å². The van der Waals surface area contributed by atoms with Crippen LogP contribution >= 0.6 is 0 Å². The maximum Gasteiger partial charge on any atom is -0.00199 e. The first-order valence-electron chi connectivity index (χ1n) is 18.7. The fraction of sp³-hybridized carbons (Fsp3) is 0. The number of hydrogen-bond acceptors (Lipinski definition) is 0. The van der Waals surface area contributed by atoms with Crippen molar-refractivity contribution < 1.29 is 0 Å². The summed E-state index contributed by atoms with van der Waals surface area (Å²) in [5, 5.41) is 7.50. The lowest BCUT2D eigenvalue weighted by atomic mass is 9.82. The Labute approximate surface area is 316 Å². The Morgan fingerprint density at radius 1 is 0.167 bits per heavy atom. The first-order chi connectivity index (χ1) is 26.8. The highest BCUT2D eigenvalue weighted by Gasteiger charge is 2.21. The highest BCUT2D eigenvalue weighted by molar-refractivity contribution is 6.23. The van der Waals surface area contributed by atoms with Gasteiger partial charge in [-0.25, -0.2) is 0 Å². The van der Waals surface area contributed by atoms with Crippen LogP contribution in [0.1, 0.15) is 0 Å². The Bertz CT molecular complexity index is 2900. The van der Waals surface area contributed by atoms with Gasteiger partial charge in [-0.15, -0.1) is 0 Å². The molecule has 54 heavy (non-hydrogen) atoms. The van der Waals surface area contributed by atoms with E-state index in [1.165, 1.54) is 99.1 Å². The summed E-state index contributed by atoms with van der Waals surface area (Å²) >= 11 is 0. The second-order valence-corrected chi connectivity index (χ2v) is 14.0. The van der Waals surface area contributed by atoms with Crippen molar-refractivity contribution in [1.29, 1.82) is 0 Å². The minimum atomic E-state index is 1.19. The molecule has 0 nitrogen and oxygen atoms in total. The molecular weight excluding hydrogens is 649 g/mol. The van der Waals surface area contributed by atoms with E-state index in [9.17, 15) is 0 Å². The molecule has 0 N–H and O–H groups in total. The molecular formula is C54H36. The number of fused-ring (bicyclic) bond motifs is 3. The van der Waals surface area contributed by atoms with Gasteiger partial charge in [0.1, 0.15) is 0 Å². The SMILES string of the molecule is c1ccc(-c2cccc(-c3ccc(-c4ccc(-c5ccccc5)c5ccccc45)c(-c4c5ccccc5c(-c5ccccc5)c5ccccc45)c3)c2)cc1. The van der Waals surface area contributed by atoms with Crippen LogP contribution in [0.15, 0.2) is 218 Å². The molecule has 0 radical (unpaired) electrons. The van der Waals surface area contributed by atoms with Crippen LogP contribution in [0.5, 0.6) is 0 Å².